The number of nitrogens with zero attached hydrogens (tertiary/aromatic N) is 2. The van der Waals surface area contributed by atoms with Gasteiger partial charge < -0.3 is 0 Å². The van der Waals surface area contributed by atoms with Gasteiger partial charge in [0.15, 0.2) is 0 Å². The van der Waals surface area contributed by atoms with E-state index in [4.69, 9.17) is 10.5 Å². The molecule has 1 rings (SSSR count). The van der Waals surface area contributed by atoms with Crippen LogP contribution in [0.2, 0.25) is 3.93 Å². The predicted molar refractivity (Wildman–Crippen MR) is 48.0 cm³/mol. The molecule has 1 aliphatic rings. The molecule has 13 heavy (non-hydrogen) atoms. The fourth-order valence-corrected chi connectivity index (χ4v) is 3.47. The van der Waals surface area contributed by atoms with Gasteiger partial charge in [-0.3, -0.25) is 0 Å². The van der Waals surface area contributed by atoms with Crippen molar-refractivity contribution in [2.45, 2.75) is 23.4 Å². The van der Waals surface area contributed by atoms with Gasteiger partial charge in [-0.25, -0.2) is 0 Å². The molecule has 0 bridgehead atoms. The Morgan fingerprint density at radius 1 is 1.77 bits per heavy atom. The van der Waals surface area contributed by atoms with Crippen LogP contribution in [0.1, 0.15) is 13.3 Å². The van der Waals surface area contributed by atoms with Gasteiger partial charge in [-0.1, -0.05) is 0 Å². The molecule has 1 aliphatic heterocycles. The fourth-order valence-electron chi connectivity index (χ4n) is 1.23. The molecule has 0 aromatic rings. The first-order valence-corrected chi connectivity index (χ1v) is 8.62. The zero-order valence-corrected chi connectivity index (χ0v) is 13.7. The summed E-state index contributed by atoms with van der Waals surface area (Å²) in [4.78, 5) is 6.09. The average Bonchev–Trinajstić information content (AvgIpc) is 2.54. The Morgan fingerprint density at radius 2 is 2.54 bits per heavy atom. The molecular formula is C8H16HgN3O+. The van der Waals surface area contributed by atoms with Gasteiger partial charge >= 0.3 is 95.6 Å². The summed E-state index contributed by atoms with van der Waals surface area (Å²) in [6.45, 7) is 4.51. The van der Waals surface area contributed by atoms with Gasteiger partial charge in [-0.2, -0.15) is 0 Å². The van der Waals surface area contributed by atoms with Crippen LogP contribution in [0.4, 0.5) is 0 Å². The second kappa shape index (κ2) is 5.80. The number of rotatable bonds is 5. The normalized spacial score (nSPS) is 19.0. The maximum atomic E-state index is 5.71. The first-order valence-electron chi connectivity index (χ1n) is 4.73. The molecule has 0 amide bonds. The summed E-state index contributed by atoms with van der Waals surface area (Å²) in [6.07, 6.45) is 1.55. The minimum absolute atomic E-state index is 0.441. The third kappa shape index (κ3) is 3.42. The predicted octanol–water partition coefficient (Wildman–Crippen LogP) is 0.334. The molecule has 4 nitrogen and oxygen atoms in total. The van der Waals surface area contributed by atoms with Crippen molar-refractivity contribution < 1.29 is 30.9 Å². The summed E-state index contributed by atoms with van der Waals surface area (Å²) in [5, 5.41) is 0. The van der Waals surface area contributed by atoms with E-state index in [1.54, 1.807) is 0 Å². The van der Waals surface area contributed by atoms with Gasteiger partial charge in [0.2, 0.25) is 0 Å². The third-order valence-electron chi connectivity index (χ3n) is 2.21. The number of ether oxygens (including phenoxy) is 1. The summed E-state index contributed by atoms with van der Waals surface area (Å²) in [5.41, 5.74) is 5.66. The summed E-state index contributed by atoms with van der Waals surface area (Å²) in [5.74, 6) is 0.632. The Labute approximate surface area is 95.5 Å². The van der Waals surface area contributed by atoms with E-state index in [1.807, 2.05) is 4.90 Å². The van der Waals surface area contributed by atoms with E-state index in [1.165, 1.54) is 3.93 Å². The van der Waals surface area contributed by atoms with Gasteiger partial charge in [0.05, 0.1) is 0 Å². The quantitative estimate of drug-likeness (QED) is 0.710. The van der Waals surface area contributed by atoms with Crippen LogP contribution >= 0.6 is 0 Å². The van der Waals surface area contributed by atoms with Crippen molar-refractivity contribution in [3.63, 3.8) is 0 Å². The summed E-state index contributed by atoms with van der Waals surface area (Å²) < 4.78 is 6.96. The molecule has 1 unspecified atom stereocenters. The molecule has 0 saturated heterocycles. The SMILES string of the molecule is CCC([CH2][Hg+])OCN1CCN=C1N. The number of nitrogens with two attached hydrogens (primary N) is 1. The molecular weight excluding hydrogens is 355 g/mol. The molecule has 70 valence electrons. The van der Waals surface area contributed by atoms with Gasteiger partial charge in [-0.05, 0) is 0 Å². The van der Waals surface area contributed by atoms with Crippen molar-refractivity contribution in [1.82, 2.24) is 4.90 Å². The van der Waals surface area contributed by atoms with Crippen molar-refractivity contribution in [3.8, 4) is 0 Å². The van der Waals surface area contributed by atoms with Crippen LogP contribution in [0.5, 0.6) is 0 Å². The van der Waals surface area contributed by atoms with Gasteiger partial charge in [-0.15, -0.1) is 0 Å². The zero-order chi connectivity index (χ0) is 9.68. The average molecular weight is 371 g/mol. The molecule has 0 aromatic carbocycles. The number of aliphatic imine (C=N–C) groups is 1. The number of hydrogen-bond acceptors (Lipinski definition) is 4. The Morgan fingerprint density at radius 3 is 3.00 bits per heavy atom. The van der Waals surface area contributed by atoms with Crippen LogP contribution in [0.25, 0.3) is 0 Å². The van der Waals surface area contributed by atoms with Crippen molar-refractivity contribution in [1.29, 1.82) is 0 Å². The number of guanidine groups is 1. The molecule has 0 radical (unpaired) electrons. The van der Waals surface area contributed by atoms with Crippen molar-refractivity contribution in [3.05, 3.63) is 0 Å². The van der Waals surface area contributed by atoms with Crippen molar-refractivity contribution in [2.75, 3.05) is 19.8 Å². The van der Waals surface area contributed by atoms with Crippen LogP contribution in [0.15, 0.2) is 4.99 Å². The summed E-state index contributed by atoms with van der Waals surface area (Å²) in [6, 6.07) is 0. The minimum atomic E-state index is 0.441. The van der Waals surface area contributed by atoms with E-state index in [-0.39, 0.29) is 0 Å². The van der Waals surface area contributed by atoms with E-state index in [2.05, 4.69) is 11.9 Å². The van der Waals surface area contributed by atoms with E-state index in [0.29, 0.717) is 18.8 Å². The zero-order valence-electron chi connectivity index (χ0n) is 8.20. The van der Waals surface area contributed by atoms with Crippen LogP contribution in [0.3, 0.4) is 0 Å². The molecule has 0 aromatic heterocycles. The Kier molecular flexibility index (Phi) is 5.02. The Balaban J connectivity index is 2.21. The van der Waals surface area contributed by atoms with Gasteiger partial charge in [0.25, 0.3) is 0 Å². The van der Waals surface area contributed by atoms with Crippen LogP contribution < -0.4 is 5.73 Å². The fraction of sp³-hybridized carbons (Fsp3) is 0.875. The molecule has 0 spiro atoms. The first-order chi connectivity index (χ1) is 6.27. The maximum absolute atomic E-state index is 5.71. The molecule has 5 heteroatoms. The van der Waals surface area contributed by atoms with E-state index in [0.717, 1.165) is 45.6 Å². The third-order valence-corrected chi connectivity index (χ3v) is 4.71. The van der Waals surface area contributed by atoms with Gasteiger partial charge in [0.1, 0.15) is 0 Å². The molecule has 0 saturated carbocycles. The standard InChI is InChI=1S/C8H16N3O.Hg/c1-3-7(2)12-6-11-5-4-10-8(11)9;/h7H,2-6H2,1H3,(H2,9,10);/q;+1. The van der Waals surface area contributed by atoms with Crippen molar-refractivity contribution in [2.24, 2.45) is 10.7 Å². The summed E-state index contributed by atoms with van der Waals surface area (Å²) in [7, 11) is 0. The molecule has 1 atom stereocenters. The monoisotopic (exact) mass is 372 g/mol. The molecule has 2 N–H and O–H groups in total. The molecule has 0 fully saturated rings. The van der Waals surface area contributed by atoms with Crippen molar-refractivity contribution >= 4 is 5.96 Å². The molecule has 1 heterocycles. The topological polar surface area (TPSA) is 50.8 Å². The van der Waals surface area contributed by atoms with Crippen LogP contribution in [-0.2, 0) is 30.9 Å². The van der Waals surface area contributed by atoms with E-state index < -0.39 is 0 Å². The number of hydrogen-bond donors (Lipinski definition) is 1. The Bertz CT molecular complexity index is 182. The second-order valence-corrected chi connectivity index (χ2v) is 5.36. The first kappa shape index (κ1) is 11.2. The van der Waals surface area contributed by atoms with Gasteiger partial charge in [0, 0.05) is 0 Å². The summed E-state index contributed by atoms with van der Waals surface area (Å²) >= 11 is 0.827. The van der Waals surface area contributed by atoms with Crippen LogP contribution in [-0.4, -0.2) is 36.8 Å². The van der Waals surface area contributed by atoms with Crippen LogP contribution in [0, 0.1) is 0 Å². The Hall–Kier alpha value is 0.165. The second-order valence-electron chi connectivity index (χ2n) is 3.12. The molecule has 0 aliphatic carbocycles. The van der Waals surface area contributed by atoms with E-state index >= 15 is 0 Å². The van der Waals surface area contributed by atoms with E-state index in [9.17, 15) is 0 Å².